The fourth-order valence-corrected chi connectivity index (χ4v) is 4.24. The lowest BCUT2D eigenvalue weighted by molar-refractivity contribution is -0.121. The standard InChI is InChI=1S/C22H26BrN5O2/c1-15-20-21(28-11-4-2-3-5-12-28)25-18(26-22(20)30-27-15)9-10-19(29)24-14-16-7-6-8-17(23)13-16/h6-8,13H,2-5,9-12,14H2,1H3,(H,24,29). The molecule has 0 atom stereocenters. The van der Waals surface area contributed by atoms with Gasteiger partial charge in [0.25, 0.3) is 5.71 Å². The Balaban J connectivity index is 1.45. The topological polar surface area (TPSA) is 84.1 Å². The predicted octanol–water partition coefficient (Wildman–Crippen LogP) is 4.32. The molecule has 0 bridgehead atoms. The van der Waals surface area contributed by atoms with Crippen LogP contribution in [0, 0.1) is 6.92 Å². The molecule has 0 unspecified atom stereocenters. The molecule has 0 radical (unpaired) electrons. The van der Waals surface area contributed by atoms with Crippen LogP contribution < -0.4 is 10.2 Å². The van der Waals surface area contributed by atoms with Gasteiger partial charge in [-0.25, -0.2) is 4.98 Å². The van der Waals surface area contributed by atoms with Crippen molar-refractivity contribution in [3.8, 4) is 0 Å². The fourth-order valence-electron chi connectivity index (χ4n) is 3.80. The van der Waals surface area contributed by atoms with Crippen LogP contribution in [0.5, 0.6) is 0 Å². The van der Waals surface area contributed by atoms with Gasteiger partial charge < -0.3 is 14.7 Å². The minimum Gasteiger partial charge on any atom is -0.356 e. The van der Waals surface area contributed by atoms with Crippen molar-refractivity contribution in [3.63, 3.8) is 0 Å². The molecule has 3 aromatic rings. The third-order valence-corrected chi connectivity index (χ3v) is 5.89. The molecular weight excluding hydrogens is 446 g/mol. The highest BCUT2D eigenvalue weighted by molar-refractivity contribution is 9.10. The molecule has 3 heterocycles. The van der Waals surface area contributed by atoms with E-state index in [0.29, 0.717) is 30.9 Å². The van der Waals surface area contributed by atoms with Gasteiger partial charge in [0.15, 0.2) is 0 Å². The minimum absolute atomic E-state index is 0.0243. The van der Waals surface area contributed by atoms with E-state index in [1.807, 2.05) is 31.2 Å². The Hall–Kier alpha value is -2.48. The van der Waals surface area contributed by atoms with Crippen molar-refractivity contribution in [1.29, 1.82) is 0 Å². The van der Waals surface area contributed by atoms with E-state index < -0.39 is 0 Å². The van der Waals surface area contributed by atoms with E-state index in [1.165, 1.54) is 12.8 Å². The normalized spacial score (nSPS) is 14.7. The summed E-state index contributed by atoms with van der Waals surface area (Å²) >= 11 is 3.45. The number of hydrogen-bond acceptors (Lipinski definition) is 6. The van der Waals surface area contributed by atoms with Crippen LogP contribution in [0.4, 0.5) is 5.82 Å². The predicted molar refractivity (Wildman–Crippen MR) is 119 cm³/mol. The molecule has 1 fully saturated rings. The lowest BCUT2D eigenvalue weighted by atomic mass is 10.2. The quantitative estimate of drug-likeness (QED) is 0.576. The second-order valence-corrected chi connectivity index (χ2v) is 8.64. The number of amides is 1. The molecule has 1 saturated heterocycles. The molecule has 1 aliphatic heterocycles. The molecule has 4 rings (SSSR count). The first-order valence-corrected chi connectivity index (χ1v) is 11.3. The van der Waals surface area contributed by atoms with E-state index in [4.69, 9.17) is 9.51 Å². The first kappa shape index (κ1) is 20.8. The average molecular weight is 472 g/mol. The third kappa shape index (κ3) is 4.98. The smallest absolute Gasteiger partial charge is 0.263 e. The molecule has 7 nitrogen and oxygen atoms in total. The summed E-state index contributed by atoms with van der Waals surface area (Å²) in [5, 5.41) is 7.94. The SMILES string of the molecule is Cc1noc2nc(CCC(=O)NCc3cccc(Br)c3)nc(N3CCCCCC3)c12. The molecule has 0 aliphatic carbocycles. The number of aryl methyl sites for hydroxylation is 2. The highest BCUT2D eigenvalue weighted by Gasteiger charge is 2.21. The van der Waals surface area contributed by atoms with Gasteiger partial charge in [0.05, 0.1) is 5.69 Å². The van der Waals surface area contributed by atoms with E-state index in [0.717, 1.165) is 52.9 Å². The van der Waals surface area contributed by atoms with Crippen molar-refractivity contribution in [1.82, 2.24) is 20.4 Å². The summed E-state index contributed by atoms with van der Waals surface area (Å²) in [6.45, 7) is 4.37. The number of fused-ring (bicyclic) bond motifs is 1. The summed E-state index contributed by atoms with van der Waals surface area (Å²) in [5.41, 5.74) is 2.37. The Bertz CT molecular complexity index is 1030. The molecule has 0 spiro atoms. The van der Waals surface area contributed by atoms with E-state index >= 15 is 0 Å². The lowest BCUT2D eigenvalue weighted by Gasteiger charge is -2.22. The number of halogens is 1. The first-order chi connectivity index (χ1) is 14.6. The molecule has 8 heteroatoms. The maximum absolute atomic E-state index is 12.3. The van der Waals surface area contributed by atoms with Crippen molar-refractivity contribution >= 4 is 38.8 Å². The van der Waals surface area contributed by atoms with E-state index in [9.17, 15) is 4.79 Å². The summed E-state index contributed by atoms with van der Waals surface area (Å²) in [6, 6.07) is 7.91. The number of hydrogen-bond donors (Lipinski definition) is 1. The van der Waals surface area contributed by atoms with Gasteiger partial charge in [-0.05, 0) is 37.5 Å². The molecule has 1 amide bonds. The maximum atomic E-state index is 12.3. The zero-order valence-electron chi connectivity index (χ0n) is 17.2. The summed E-state index contributed by atoms with van der Waals surface area (Å²) in [5.74, 6) is 1.49. The van der Waals surface area contributed by atoms with Crippen LogP contribution in [0.3, 0.4) is 0 Å². The largest absolute Gasteiger partial charge is 0.356 e. The summed E-state index contributed by atoms with van der Waals surface area (Å²) in [7, 11) is 0. The molecular formula is C22H26BrN5O2. The number of anilines is 1. The monoisotopic (exact) mass is 471 g/mol. The molecule has 30 heavy (non-hydrogen) atoms. The van der Waals surface area contributed by atoms with Gasteiger partial charge in [-0.2, -0.15) is 4.98 Å². The van der Waals surface area contributed by atoms with E-state index in [2.05, 4.69) is 36.3 Å². The number of benzene rings is 1. The van der Waals surface area contributed by atoms with E-state index in [-0.39, 0.29) is 5.91 Å². The van der Waals surface area contributed by atoms with Crippen LogP contribution in [0.15, 0.2) is 33.3 Å². The molecule has 1 N–H and O–H groups in total. The van der Waals surface area contributed by atoms with Crippen LogP contribution in [-0.2, 0) is 17.8 Å². The second kappa shape index (κ2) is 9.55. The Labute approximate surface area is 184 Å². The van der Waals surface area contributed by atoms with Gasteiger partial charge in [0.1, 0.15) is 17.0 Å². The summed E-state index contributed by atoms with van der Waals surface area (Å²) in [4.78, 5) is 24.0. The van der Waals surface area contributed by atoms with Crippen molar-refractivity contribution in [2.75, 3.05) is 18.0 Å². The second-order valence-electron chi connectivity index (χ2n) is 7.72. The number of nitrogens with zero attached hydrogens (tertiary/aromatic N) is 4. The maximum Gasteiger partial charge on any atom is 0.263 e. The van der Waals surface area contributed by atoms with Crippen molar-refractivity contribution in [2.24, 2.45) is 0 Å². The van der Waals surface area contributed by atoms with Crippen molar-refractivity contribution in [3.05, 3.63) is 45.8 Å². The third-order valence-electron chi connectivity index (χ3n) is 5.39. The number of carbonyl (C=O) groups is 1. The van der Waals surface area contributed by atoms with Crippen LogP contribution in [0.2, 0.25) is 0 Å². The van der Waals surface area contributed by atoms with Crippen LogP contribution >= 0.6 is 15.9 Å². The number of rotatable bonds is 6. The van der Waals surface area contributed by atoms with Gasteiger partial charge in [-0.15, -0.1) is 0 Å². The molecule has 1 aliphatic rings. The zero-order chi connectivity index (χ0) is 20.9. The number of carbonyl (C=O) groups excluding carboxylic acids is 1. The highest BCUT2D eigenvalue weighted by Crippen LogP contribution is 2.29. The summed E-state index contributed by atoms with van der Waals surface area (Å²) < 4.78 is 6.44. The van der Waals surface area contributed by atoms with Crippen LogP contribution in [0.25, 0.3) is 11.1 Å². The highest BCUT2D eigenvalue weighted by atomic mass is 79.9. The number of nitrogens with one attached hydrogen (secondary N) is 1. The van der Waals surface area contributed by atoms with Gasteiger partial charge in [0.2, 0.25) is 5.91 Å². The van der Waals surface area contributed by atoms with Crippen molar-refractivity contribution < 1.29 is 9.32 Å². The first-order valence-electron chi connectivity index (χ1n) is 10.5. The molecule has 2 aromatic heterocycles. The Morgan fingerprint density at radius 3 is 2.77 bits per heavy atom. The zero-order valence-corrected chi connectivity index (χ0v) is 18.7. The Morgan fingerprint density at radius 1 is 1.20 bits per heavy atom. The van der Waals surface area contributed by atoms with Gasteiger partial charge in [-0.3, -0.25) is 4.79 Å². The fraction of sp³-hybridized carbons (Fsp3) is 0.455. The Kier molecular flexibility index (Phi) is 6.62. The van der Waals surface area contributed by atoms with Crippen LogP contribution in [-0.4, -0.2) is 34.1 Å². The average Bonchev–Trinajstić information content (AvgIpc) is 2.94. The van der Waals surface area contributed by atoms with Gasteiger partial charge >= 0.3 is 0 Å². The van der Waals surface area contributed by atoms with Gasteiger partial charge in [0, 0.05) is 36.9 Å². The van der Waals surface area contributed by atoms with E-state index in [1.54, 1.807) is 0 Å². The molecule has 0 saturated carbocycles. The molecule has 158 valence electrons. The van der Waals surface area contributed by atoms with Gasteiger partial charge in [-0.1, -0.05) is 46.1 Å². The lowest BCUT2D eigenvalue weighted by Crippen LogP contribution is -2.26. The summed E-state index contributed by atoms with van der Waals surface area (Å²) in [6.07, 6.45) is 5.59. The van der Waals surface area contributed by atoms with Crippen molar-refractivity contribution in [2.45, 2.75) is 52.0 Å². The number of aromatic nitrogens is 3. The minimum atomic E-state index is -0.0243. The molecule has 1 aromatic carbocycles. The van der Waals surface area contributed by atoms with Crippen LogP contribution in [0.1, 0.15) is 49.2 Å². The Morgan fingerprint density at radius 2 is 2.00 bits per heavy atom.